The first-order chi connectivity index (χ1) is 12.0. The van der Waals surface area contributed by atoms with E-state index in [-0.39, 0.29) is 46.1 Å². The largest absolute Gasteiger partial charge is 0.465 e. The molecule has 144 valence electrons. The van der Waals surface area contributed by atoms with Gasteiger partial charge in [-0.05, 0) is 0 Å². The fourth-order valence-electron chi connectivity index (χ4n) is 1.37. The Morgan fingerprint density at radius 2 is 0.800 bits per heavy atom. The van der Waals surface area contributed by atoms with Crippen LogP contribution in [0.4, 0.5) is 0 Å². The SMILES string of the molecule is O=C(CC(=O)OCCCOC(=O)CC(=O)OCCCO)OCCCO. The van der Waals surface area contributed by atoms with Crippen molar-refractivity contribution >= 4 is 23.9 Å². The summed E-state index contributed by atoms with van der Waals surface area (Å²) in [6.45, 7) is -0.288. The third kappa shape index (κ3) is 15.1. The molecule has 10 nitrogen and oxygen atoms in total. The normalized spacial score (nSPS) is 10.0. The van der Waals surface area contributed by atoms with Crippen LogP contribution in [0.5, 0.6) is 0 Å². The van der Waals surface area contributed by atoms with E-state index in [1.54, 1.807) is 0 Å². The number of aliphatic hydroxyl groups is 2. The van der Waals surface area contributed by atoms with Gasteiger partial charge in [-0.15, -0.1) is 0 Å². The topological polar surface area (TPSA) is 146 Å². The smallest absolute Gasteiger partial charge is 0.317 e. The van der Waals surface area contributed by atoms with E-state index in [2.05, 4.69) is 9.47 Å². The molecule has 0 aromatic carbocycles. The number of hydrogen-bond acceptors (Lipinski definition) is 10. The number of esters is 4. The zero-order valence-corrected chi connectivity index (χ0v) is 13.9. The molecular weight excluding hydrogens is 340 g/mol. The highest BCUT2D eigenvalue weighted by molar-refractivity contribution is 5.91. The number of aliphatic hydroxyl groups excluding tert-OH is 2. The highest BCUT2D eigenvalue weighted by Crippen LogP contribution is 1.96. The predicted molar refractivity (Wildman–Crippen MR) is 81.1 cm³/mol. The van der Waals surface area contributed by atoms with E-state index in [1.807, 2.05) is 0 Å². The van der Waals surface area contributed by atoms with Gasteiger partial charge in [0.05, 0.1) is 26.4 Å². The van der Waals surface area contributed by atoms with Crippen LogP contribution in [0.2, 0.25) is 0 Å². The molecule has 0 heterocycles. The van der Waals surface area contributed by atoms with Gasteiger partial charge in [-0.3, -0.25) is 19.2 Å². The second-order valence-electron chi connectivity index (χ2n) is 4.74. The summed E-state index contributed by atoms with van der Waals surface area (Å²) in [5.41, 5.74) is 0. The van der Waals surface area contributed by atoms with Crippen molar-refractivity contribution in [2.75, 3.05) is 39.6 Å². The van der Waals surface area contributed by atoms with Gasteiger partial charge in [-0.25, -0.2) is 0 Å². The monoisotopic (exact) mass is 364 g/mol. The van der Waals surface area contributed by atoms with Crippen LogP contribution in [0, 0.1) is 0 Å². The lowest BCUT2D eigenvalue weighted by Crippen LogP contribution is -2.17. The first-order valence-corrected chi connectivity index (χ1v) is 7.83. The summed E-state index contributed by atoms with van der Waals surface area (Å²) >= 11 is 0. The molecular formula is C15H24O10. The van der Waals surface area contributed by atoms with Gasteiger partial charge in [0.2, 0.25) is 0 Å². The zero-order valence-electron chi connectivity index (χ0n) is 13.9. The maximum absolute atomic E-state index is 11.3. The fourth-order valence-corrected chi connectivity index (χ4v) is 1.37. The maximum Gasteiger partial charge on any atom is 0.317 e. The van der Waals surface area contributed by atoms with Crippen molar-refractivity contribution in [3.8, 4) is 0 Å². The van der Waals surface area contributed by atoms with Crippen LogP contribution < -0.4 is 0 Å². The summed E-state index contributed by atoms with van der Waals surface area (Å²) in [6, 6.07) is 0. The molecule has 10 heteroatoms. The summed E-state index contributed by atoms with van der Waals surface area (Å²) in [5.74, 6) is -3.03. The number of ether oxygens (including phenoxy) is 4. The second-order valence-corrected chi connectivity index (χ2v) is 4.74. The molecule has 0 spiro atoms. The maximum atomic E-state index is 11.3. The third-order valence-electron chi connectivity index (χ3n) is 2.52. The van der Waals surface area contributed by atoms with E-state index >= 15 is 0 Å². The Kier molecular flexibility index (Phi) is 14.0. The molecule has 0 aromatic rings. The van der Waals surface area contributed by atoms with E-state index in [0.29, 0.717) is 12.8 Å². The molecule has 0 radical (unpaired) electrons. The molecule has 2 N–H and O–H groups in total. The van der Waals surface area contributed by atoms with Crippen LogP contribution in [0.15, 0.2) is 0 Å². The van der Waals surface area contributed by atoms with Gasteiger partial charge in [-0.2, -0.15) is 0 Å². The van der Waals surface area contributed by atoms with Gasteiger partial charge in [0, 0.05) is 32.5 Å². The zero-order chi connectivity index (χ0) is 18.9. The van der Waals surface area contributed by atoms with E-state index in [4.69, 9.17) is 19.7 Å². The molecule has 0 fully saturated rings. The minimum absolute atomic E-state index is 0.0288. The Labute approximate surface area is 145 Å². The highest BCUT2D eigenvalue weighted by atomic mass is 16.6. The predicted octanol–water partition coefficient (Wildman–Crippen LogP) is -0.906. The summed E-state index contributed by atoms with van der Waals surface area (Å²) in [4.78, 5) is 44.9. The number of rotatable bonds is 14. The Morgan fingerprint density at radius 1 is 0.520 bits per heavy atom. The van der Waals surface area contributed by atoms with Gasteiger partial charge < -0.3 is 29.2 Å². The molecule has 0 saturated heterocycles. The van der Waals surface area contributed by atoms with Crippen molar-refractivity contribution in [1.82, 2.24) is 0 Å². The van der Waals surface area contributed by atoms with Crippen LogP contribution in [-0.4, -0.2) is 73.7 Å². The number of hydrogen-bond donors (Lipinski definition) is 2. The van der Waals surface area contributed by atoms with E-state index < -0.39 is 36.7 Å². The Hall–Kier alpha value is -2.20. The second kappa shape index (κ2) is 15.3. The Bertz CT molecular complexity index is 383. The molecule has 0 saturated carbocycles. The van der Waals surface area contributed by atoms with Crippen molar-refractivity contribution in [1.29, 1.82) is 0 Å². The van der Waals surface area contributed by atoms with Gasteiger partial charge in [0.1, 0.15) is 12.8 Å². The van der Waals surface area contributed by atoms with Gasteiger partial charge in [0.25, 0.3) is 0 Å². The Morgan fingerprint density at radius 3 is 1.08 bits per heavy atom. The molecule has 25 heavy (non-hydrogen) atoms. The average Bonchev–Trinajstić information content (AvgIpc) is 2.54. The first-order valence-electron chi connectivity index (χ1n) is 7.83. The molecule has 0 amide bonds. The lowest BCUT2D eigenvalue weighted by molar-refractivity contribution is -0.155. The van der Waals surface area contributed by atoms with Crippen LogP contribution in [0.3, 0.4) is 0 Å². The number of carbonyl (C=O) groups is 4. The third-order valence-corrected chi connectivity index (χ3v) is 2.52. The van der Waals surface area contributed by atoms with Crippen LogP contribution in [0.25, 0.3) is 0 Å². The van der Waals surface area contributed by atoms with Crippen molar-refractivity contribution in [2.45, 2.75) is 32.1 Å². The fraction of sp³-hybridized carbons (Fsp3) is 0.733. The molecule has 0 aliphatic rings. The molecule has 0 atom stereocenters. The van der Waals surface area contributed by atoms with E-state index in [9.17, 15) is 19.2 Å². The van der Waals surface area contributed by atoms with Gasteiger partial charge in [0.15, 0.2) is 0 Å². The quantitative estimate of drug-likeness (QED) is 0.172. The standard InChI is InChI=1S/C15H24O10/c16-4-1-6-22-12(18)10-14(20)24-8-3-9-25-15(21)11-13(19)23-7-2-5-17/h16-17H,1-11H2. The lowest BCUT2D eigenvalue weighted by Gasteiger charge is -2.07. The summed E-state index contributed by atoms with van der Waals surface area (Å²) in [7, 11) is 0. The van der Waals surface area contributed by atoms with Gasteiger partial charge in [-0.1, -0.05) is 0 Å². The highest BCUT2D eigenvalue weighted by Gasteiger charge is 2.13. The minimum Gasteiger partial charge on any atom is -0.465 e. The summed E-state index contributed by atoms with van der Waals surface area (Å²) in [6.07, 6.45) is -0.283. The lowest BCUT2D eigenvalue weighted by atomic mass is 10.4. The van der Waals surface area contributed by atoms with Crippen LogP contribution in [0.1, 0.15) is 32.1 Å². The molecule has 0 bridgehead atoms. The van der Waals surface area contributed by atoms with Crippen molar-refractivity contribution in [3.63, 3.8) is 0 Å². The molecule has 0 aromatic heterocycles. The minimum atomic E-state index is -0.771. The van der Waals surface area contributed by atoms with E-state index in [1.165, 1.54) is 0 Å². The van der Waals surface area contributed by atoms with Crippen LogP contribution in [-0.2, 0) is 38.1 Å². The molecule has 0 rings (SSSR count). The molecule has 0 aliphatic carbocycles. The first kappa shape index (κ1) is 22.8. The molecule has 0 aliphatic heterocycles. The van der Waals surface area contributed by atoms with Crippen molar-refractivity contribution in [2.24, 2.45) is 0 Å². The van der Waals surface area contributed by atoms with Gasteiger partial charge >= 0.3 is 23.9 Å². The molecule has 0 unspecified atom stereocenters. The summed E-state index contributed by atoms with van der Waals surface area (Å²) < 4.78 is 18.8. The number of carbonyl (C=O) groups excluding carboxylic acids is 4. The van der Waals surface area contributed by atoms with Crippen LogP contribution >= 0.6 is 0 Å². The average molecular weight is 364 g/mol. The Balaban J connectivity index is 3.61. The van der Waals surface area contributed by atoms with E-state index in [0.717, 1.165) is 0 Å². The van der Waals surface area contributed by atoms with Crippen molar-refractivity contribution in [3.05, 3.63) is 0 Å². The summed E-state index contributed by atoms with van der Waals surface area (Å²) in [5, 5.41) is 17.0. The van der Waals surface area contributed by atoms with Crippen molar-refractivity contribution < 1.29 is 48.3 Å².